The molecule has 4 nitrogen and oxygen atoms in total. The van der Waals surface area contributed by atoms with Gasteiger partial charge in [-0.05, 0) is 25.8 Å². The van der Waals surface area contributed by atoms with E-state index in [1.54, 1.807) is 6.92 Å². The molecule has 1 N–H and O–H groups in total. The Morgan fingerprint density at radius 3 is 2.47 bits per heavy atom. The molecule has 0 aliphatic heterocycles. The topological polar surface area (TPSA) is 55.4 Å². The van der Waals surface area contributed by atoms with Crippen LogP contribution in [-0.2, 0) is 14.6 Å². The summed E-state index contributed by atoms with van der Waals surface area (Å²) in [6.45, 7) is 8.16. The van der Waals surface area contributed by atoms with Crippen molar-refractivity contribution < 1.29 is 13.2 Å². The molecule has 0 saturated heterocycles. The molecule has 0 aromatic rings. The lowest BCUT2D eigenvalue weighted by Gasteiger charge is -2.17. The third-order valence-electron chi connectivity index (χ3n) is 2.61. The van der Waals surface area contributed by atoms with E-state index in [1.165, 1.54) is 0 Å². The third-order valence-corrected chi connectivity index (χ3v) is 4.40. The number of hydrogen-bond acceptors (Lipinski definition) is 4. The van der Waals surface area contributed by atoms with Gasteiger partial charge in [0.05, 0.1) is 12.4 Å². The molecule has 0 bridgehead atoms. The number of rotatable bonds is 11. The summed E-state index contributed by atoms with van der Waals surface area (Å²) < 4.78 is 28.2. The molecule has 0 aromatic carbocycles. The Balaban J connectivity index is 3.83. The average Bonchev–Trinajstić information content (AvgIpc) is 2.29. The summed E-state index contributed by atoms with van der Waals surface area (Å²) in [5.41, 5.74) is 0. The normalized spacial score (nSPS) is 13.8. The SMILES string of the molecule is CCCOCC(CCCS(=O)(=O)CC)NCC. The van der Waals surface area contributed by atoms with Crippen LogP contribution in [0.15, 0.2) is 0 Å². The van der Waals surface area contributed by atoms with E-state index in [2.05, 4.69) is 19.2 Å². The van der Waals surface area contributed by atoms with Gasteiger partial charge < -0.3 is 10.1 Å². The van der Waals surface area contributed by atoms with E-state index < -0.39 is 9.84 Å². The highest BCUT2D eigenvalue weighted by molar-refractivity contribution is 7.91. The smallest absolute Gasteiger partial charge is 0.150 e. The molecule has 5 heteroatoms. The van der Waals surface area contributed by atoms with Gasteiger partial charge in [0.2, 0.25) is 0 Å². The first-order valence-corrected chi connectivity index (χ1v) is 8.39. The Morgan fingerprint density at radius 1 is 1.24 bits per heavy atom. The molecular weight excluding hydrogens is 238 g/mol. The van der Waals surface area contributed by atoms with Gasteiger partial charge in [-0.1, -0.05) is 20.8 Å². The Bertz CT molecular complexity index is 265. The van der Waals surface area contributed by atoms with Crippen LogP contribution in [0.1, 0.15) is 40.0 Å². The molecular formula is C12H27NO3S. The summed E-state index contributed by atoms with van der Waals surface area (Å²) in [5, 5.41) is 3.33. The van der Waals surface area contributed by atoms with Gasteiger partial charge in [-0.25, -0.2) is 8.42 Å². The van der Waals surface area contributed by atoms with E-state index >= 15 is 0 Å². The molecule has 0 amide bonds. The van der Waals surface area contributed by atoms with Crippen molar-refractivity contribution in [3.8, 4) is 0 Å². The number of sulfone groups is 1. The van der Waals surface area contributed by atoms with Gasteiger partial charge >= 0.3 is 0 Å². The first kappa shape index (κ1) is 16.9. The van der Waals surface area contributed by atoms with Crippen molar-refractivity contribution in [2.24, 2.45) is 0 Å². The van der Waals surface area contributed by atoms with Gasteiger partial charge in [0.15, 0.2) is 0 Å². The molecule has 104 valence electrons. The van der Waals surface area contributed by atoms with Crippen LogP contribution in [-0.4, -0.2) is 45.7 Å². The van der Waals surface area contributed by atoms with Gasteiger partial charge in [-0.2, -0.15) is 0 Å². The van der Waals surface area contributed by atoms with Crippen molar-refractivity contribution in [3.05, 3.63) is 0 Å². The molecule has 0 aliphatic carbocycles. The lowest BCUT2D eigenvalue weighted by Crippen LogP contribution is -2.34. The third kappa shape index (κ3) is 9.56. The fourth-order valence-corrected chi connectivity index (χ4v) is 2.49. The minimum atomic E-state index is -2.82. The molecule has 0 radical (unpaired) electrons. The molecule has 0 aromatic heterocycles. The lowest BCUT2D eigenvalue weighted by molar-refractivity contribution is 0.109. The van der Waals surface area contributed by atoms with E-state index in [0.29, 0.717) is 18.8 Å². The molecule has 1 atom stereocenters. The average molecular weight is 265 g/mol. The van der Waals surface area contributed by atoms with Crippen molar-refractivity contribution in [3.63, 3.8) is 0 Å². The highest BCUT2D eigenvalue weighted by atomic mass is 32.2. The summed E-state index contributed by atoms with van der Waals surface area (Å²) in [4.78, 5) is 0. The molecule has 0 aliphatic rings. The Labute approximate surface area is 106 Å². The molecule has 17 heavy (non-hydrogen) atoms. The van der Waals surface area contributed by atoms with Crippen molar-refractivity contribution in [1.29, 1.82) is 0 Å². The number of ether oxygens (including phenoxy) is 1. The minimum Gasteiger partial charge on any atom is -0.380 e. The highest BCUT2D eigenvalue weighted by Crippen LogP contribution is 2.02. The van der Waals surface area contributed by atoms with E-state index in [0.717, 1.165) is 26.0 Å². The second kappa shape index (κ2) is 9.85. The monoisotopic (exact) mass is 265 g/mol. The fraction of sp³-hybridized carbons (Fsp3) is 1.00. The first-order valence-electron chi connectivity index (χ1n) is 6.57. The van der Waals surface area contributed by atoms with Crippen molar-refractivity contribution in [2.45, 2.75) is 46.1 Å². The first-order chi connectivity index (χ1) is 8.05. The minimum absolute atomic E-state index is 0.241. The number of nitrogens with one attached hydrogen (secondary N) is 1. The quantitative estimate of drug-likeness (QED) is 0.577. The summed E-state index contributed by atoms with van der Waals surface area (Å²) in [6.07, 6.45) is 2.59. The van der Waals surface area contributed by atoms with E-state index in [1.807, 2.05) is 0 Å². The molecule has 0 rings (SSSR count). The van der Waals surface area contributed by atoms with Crippen LogP contribution in [0.5, 0.6) is 0 Å². The van der Waals surface area contributed by atoms with Gasteiger partial charge in [0.25, 0.3) is 0 Å². The van der Waals surface area contributed by atoms with Gasteiger partial charge in [0, 0.05) is 18.4 Å². The zero-order valence-corrected chi connectivity index (χ0v) is 12.2. The van der Waals surface area contributed by atoms with Crippen LogP contribution < -0.4 is 5.32 Å². The molecule has 0 spiro atoms. The Morgan fingerprint density at radius 2 is 1.94 bits per heavy atom. The van der Waals surface area contributed by atoms with E-state index in [9.17, 15) is 8.42 Å². The second-order valence-electron chi connectivity index (χ2n) is 4.21. The molecule has 0 heterocycles. The Kier molecular flexibility index (Phi) is 9.78. The summed E-state index contributed by atoms with van der Waals surface area (Å²) in [7, 11) is -2.82. The Hall–Kier alpha value is -0.130. The van der Waals surface area contributed by atoms with Crippen molar-refractivity contribution in [2.75, 3.05) is 31.3 Å². The van der Waals surface area contributed by atoms with Crippen LogP contribution in [0.25, 0.3) is 0 Å². The summed E-state index contributed by atoms with van der Waals surface area (Å²) >= 11 is 0. The zero-order valence-electron chi connectivity index (χ0n) is 11.4. The van der Waals surface area contributed by atoms with Gasteiger partial charge in [0.1, 0.15) is 9.84 Å². The van der Waals surface area contributed by atoms with Crippen LogP contribution in [0.4, 0.5) is 0 Å². The molecule has 0 fully saturated rings. The maximum absolute atomic E-state index is 11.3. The van der Waals surface area contributed by atoms with Crippen LogP contribution in [0.3, 0.4) is 0 Å². The highest BCUT2D eigenvalue weighted by Gasteiger charge is 2.11. The van der Waals surface area contributed by atoms with Gasteiger partial charge in [-0.15, -0.1) is 0 Å². The summed E-state index contributed by atoms with van der Waals surface area (Å²) in [5.74, 6) is 0.532. The maximum atomic E-state index is 11.3. The standard InChI is InChI=1S/C12H27NO3S/c1-4-9-16-11-12(13-5-2)8-7-10-17(14,15)6-3/h12-13H,4-11H2,1-3H3. The van der Waals surface area contributed by atoms with Crippen molar-refractivity contribution in [1.82, 2.24) is 5.32 Å². The molecule has 0 saturated carbocycles. The van der Waals surface area contributed by atoms with Crippen LogP contribution in [0, 0.1) is 0 Å². The largest absolute Gasteiger partial charge is 0.380 e. The van der Waals surface area contributed by atoms with Gasteiger partial charge in [-0.3, -0.25) is 0 Å². The van der Waals surface area contributed by atoms with Crippen LogP contribution >= 0.6 is 0 Å². The molecule has 1 unspecified atom stereocenters. The van der Waals surface area contributed by atoms with E-state index in [-0.39, 0.29) is 11.8 Å². The maximum Gasteiger partial charge on any atom is 0.150 e. The zero-order chi connectivity index (χ0) is 13.1. The fourth-order valence-electron chi connectivity index (χ4n) is 1.60. The number of likely N-dealkylation sites (N-methyl/N-ethyl adjacent to an activating group) is 1. The van der Waals surface area contributed by atoms with Crippen molar-refractivity contribution >= 4 is 9.84 Å². The van der Waals surface area contributed by atoms with E-state index in [4.69, 9.17) is 4.74 Å². The second-order valence-corrected chi connectivity index (χ2v) is 6.68. The predicted octanol–water partition coefficient (Wildman–Crippen LogP) is 1.61. The van der Waals surface area contributed by atoms with Crippen LogP contribution in [0.2, 0.25) is 0 Å². The summed E-state index contributed by atoms with van der Waals surface area (Å²) in [6, 6.07) is 0.276. The predicted molar refractivity (Wildman–Crippen MR) is 72.1 cm³/mol. The number of hydrogen-bond donors (Lipinski definition) is 1. The lowest BCUT2D eigenvalue weighted by atomic mass is 10.2.